The van der Waals surface area contributed by atoms with Crippen LogP contribution in [0.2, 0.25) is 0 Å². The summed E-state index contributed by atoms with van der Waals surface area (Å²) >= 11 is 1.59. The Bertz CT molecular complexity index is 679. The van der Waals surface area contributed by atoms with E-state index in [0.717, 1.165) is 10.8 Å². The van der Waals surface area contributed by atoms with Crippen LogP contribution in [0.1, 0.15) is 19.5 Å². The number of thiazole rings is 1. The lowest BCUT2D eigenvalue weighted by molar-refractivity contribution is 0.353. The van der Waals surface area contributed by atoms with Gasteiger partial charge in [0.25, 0.3) is 0 Å². The van der Waals surface area contributed by atoms with E-state index in [-0.39, 0.29) is 5.75 Å². The largest absolute Gasteiger partial charge is 0.354 e. The van der Waals surface area contributed by atoms with Gasteiger partial charge in [0.1, 0.15) is 0 Å². The van der Waals surface area contributed by atoms with E-state index in [9.17, 15) is 8.42 Å². The monoisotopic (exact) mass is 359 g/mol. The fourth-order valence-corrected chi connectivity index (χ4v) is 4.53. The van der Waals surface area contributed by atoms with Crippen molar-refractivity contribution >= 4 is 32.3 Å². The molecule has 1 aromatic heterocycles. The fraction of sp³-hybridized carbons (Fsp3) is 0.714. The molecule has 0 aromatic carbocycles. The molecule has 0 radical (unpaired) electrons. The van der Waals surface area contributed by atoms with E-state index in [2.05, 4.69) is 15.3 Å². The lowest BCUT2D eigenvalue weighted by atomic mass is 10.2. The molecule has 2 rings (SSSR count). The van der Waals surface area contributed by atoms with Crippen LogP contribution < -0.4 is 10.2 Å². The highest BCUT2D eigenvalue weighted by molar-refractivity contribution is 7.92. The molecule has 0 atom stereocenters. The topological polar surface area (TPSA) is 77.9 Å². The lowest BCUT2D eigenvalue weighted by Gasteiger charge is -2.39. The average Bonchev–Trinajstić information content (AvgIpc) is 2.92. The SMILES string of the molecule is CN=C(NCc1csc(N(C)C)n1)N1CCS(=O)(=O)C(C)(C)C1. The van der Waals surface area contributed by atoms with Gasteiger partial charge >= 0.3 is 0 Å². The highest BCUT2D eigenvalue weighted by atomic mass is 32.2. The molecule has 0 bridgehead atoms. The number of aliphatic imine (C=N–C) groups is 1. The molecule has 1 aliphatic rings. The molecule has 1 N–H and O–H groups in total. The smallest absolute Gasteiger partial charge is 0.194 e. The first kappa shape index (κ1) is 18.0. The summed E-state index contributed by atoms with van der Waals surface area (Å²) < 4.78 is 23.4. The first-order valence-electron chi connectivity index (χ1n) is 7.46. The third-order valence-corrected chi connectivity index (χ3v) is 7.49. The van der Waals surface area contributed by atoms with Crippen molar-refractivity contribution in [2.75, 3.05) is 44.9 Å². The number of hydrogen-bond donors (Lipinski definition) is 1. The molecule has 0 saturated carbocycles. The first-order chi connectivity index (χ1) is 10.7. The van der Waals surface area contributed by atoms with Gasteiger partial charge in [-0.15, -0.1) is 11.3 Å². The maximum absolute atomic E-state index is 12.1. The molecule has 1 fully saturated rings. The highest BCUT2D eigenvalue weighted by Gasteiger charge is 2.40. The van der Waals surface area contributed by atoms with Crippen LogP contribution in [-0.2, 0) is 16.4 Å². The number of sulfone groups is 1. The average molecular weight is 360 g/mol. The van der Waals surface area contributed by atoms with Crippen LogP contribution in [0.15, 0.2) is 10.4 Å². The molecule has 2 heterocycles. The minimum atomic E-state index is -3.05. The van der Waals surface area contributed by atoms with Gasteiger partial charge in [0.15, 0.2) is 20.9 Å². The maximum Gasteiger partial charge on any atom is 0.194 e. The summed E-state index contributed by atoms with van der Waals surface area (Å²) in [7, 11) is 2.59. The summed E-state index contributed by atoms with van der Waals surface area (Å²) in [6.07, 6.45) is 0. The molecule has 130 valence electrons. The second kappa shape index (κ2) is 6.64. The third-order valence-electron chi connectivity index (χ3n) is 3.90. The highest BCUT2D eigenvalue weighted by Crippen LogP contribution is 2.24. The number of rotatable bonds is 3. The predicted molar refractivity (Wildman–Crippen MR) is 96.1 cm³/mol. The summed E-state index contributed by atoms with van der Waals surface area (Å²) in [5.41, 5.74) is 0.948. The van der Waals surface area contributed by atoms with Gasteiger partial charge in [-0.05, 0) is 13.8 Å². The standard InChI is InChI=1S/C14H25N5O2S2/c1-14(2)10-19(6-7-23(14,20)21)12(15-3)16-8-11-9-22-13(17-11)18(4)5/h9H,6-8,10H2,1-5H3,(H,15,16). The van der Waals surface area contributed by atoms with Gasteiger partial charge in [-0.25, -0.2) is 13.4 Å². The normalized spacial score (nSPS) is 20.4. The van der Waals surface area contributed by atoms with E-state index < -0.39 is 14.6 Å². The lowest BCUT2D eigenvalue weighted by Crippen LogP contribution is -2.57. The zero-order valence-electron chi connectivity index (χ0n) is 14.3. The minimum absolute atomic E-state index is 0.155. The van der Waals surface area contributed by atoms with Gasteiger partial charge < -0.3 is 15.1 Å². The van der Waals surface area contributed by atoms with E-state index in [4.69, 9.17) is 0 Å². The summed E-state index contributed by atoms with van der Waals surface area (Å²) in [6.45, 7) is 5.01. The summed E-state index contributed by atoms with van der Waals surface area (Å²) in [5, 5.41) is 6.25. The van der Waals surface area contributed by atoms with Crippen molar-refractivity contribution in [2.45, 2.75) is 25.1 Å². The van der Waals surface area contributed by atoms with Crippen LogP contribution in [0, 0.1) is 0 Å². The van der Waals surface area contributed by atoms with E-state index in [1.165, 1.54) is 0 Å². The van der Waals surface area contributed by atoms with Crippen LogP contribution in [0.5, 0.6) is 0 Å². The molecule has 23 heavy (non-hydrogen) atoms. The van der Waals surface area contributed by atoms with Gasteiger partial charge in [-0.1, -0.05) is 0 Å². The Morgan fingerprint density at radius 3 is 2.74 bits per heavy atom. The Balaban J connectivity index is 2.01. The molecule has 1 aliphatic heterocycles. The molecule has 9 heteroatoms. The van der Waals surface area contributed by atoms with Crippen LogP contribution in [0.3, 0.4) is 0 Å². The molecule has 1 saturated heterocycles. The number of hydrogen-bond acceptors (Lipinski definition) is 6. The van der Waals surface area contributed by atoms with Gasteiger partial charge in [0.2, 0.25) is 0 Å². The Kier molecular flexibility index (Phi) is 5.20. The molecule has 0 spiro atoms. The zero-order chi connectivity index (χ0) is 17.3. The predicted octanol–water partition coefficient (Wildman–Crippen LogP) is 0.794. The van der Waals surface area contributed by atoms with E-state index in [1.807, 2.05) is 29.3 Å². The molecule has 7 nitrogen and oxygen atoms in total. The van der Waals surface area contributed by atoms with E-state index in [1.54, 1.807) is 32.2 Å². The van der Waals surface area contributed by atoms with Gasteiger partial charge in [0, 0.05) is 39.6 Å². The summed E-state index contributed by atoms with van der Waals surface area (Å²) in [4.78, 5) is 12.8. The molecule has 0 amide bonds. The second-order valence-corrected chi connectivity index (χ2v) is 10.00. The maximum atomic E-state index is 12.1. The van der Waals surface area contributed by atoms with Gasteiger partial charge in [0.05, 0.1) is 22.7 Å². The van der Waals surface area contributed by atoms with Crippen LogP contribution in [0.25, 0.3) is 0 Å². The van der Waals surface area contributed by atoms with E-state index >= 15 is 0 Å². The minimum Gasteiger partial charge on any atom is -0.354 e. The zero-order valence-corrected chi connectivity index (χ0v) is 16.0. The van der Waals surface area contributed by atoms with Crippen molar-refractivity contribution in [1.29, 1.82) is 0 Å². The van der Waals surface area contributed by atoms with Crippen LogP contribution in [-0.4, -0.2) is 69.0 Å². The fourth-order valence-electron chi connectivity index (χ4n) is 2.41. The summed E-state index contributed by atoms with van der Waals surface area (Å²) in [5.74, 6) is 0.870. The van der Waals surface area contributed by atoms with Crippen molar-refractivity contribution < 1.29 is 8.42 Å². The Morgan fingerprint density at radius 1 is 1.52 bits per heavy atom. The number of nitrogens with zero attached hydrogens (tertiary/aromatic N) is 4. The van der Waals surface area contributed by atoms with Crippen LogP contribution in [0.4, 0.5) is 5.13 Å². The Labute approximate surface area is 142 Å². The van der Waals surface area contributed by atoms with Gasteiger partial charge in [-0.3, -0.25) is 4.99 Å². The van der Waals surface area contributed by atoms with Crippen molar-refractivity contribution in [1.82, 2.24) is 15.2 Å². The van der Waals surface area contributed by atoms with Gasteiger partial charge in [-0.2, -0.15) is 0 Å². The third kappa shape index (κ3) is 3.95. The second-order valence-electron chi connectivity index (χ2n) is 6.42. The Morgan fingerprint density at radius 2 is 2.22 bits per heavy atom. The quantitative estimate of drug-likeness (QED) is 0.635. The molecule has 0 aliphatic carbocycles. The van der Waals surface area contributed by atoms with E-state index in [0.29, 0.717) is 25.6 Å². The Hall–Kier alpha value is -1.35. The summed E-state index contributed by atoms with van der Waals surface area (Å²) in [6, 6.07) is 0. The number of nitrogens with one attached hydrogen (secondary N) is 1. The number of guanidine groups is 1. The van der Waals surface area contributed by atoms with Crippen molar-refractivity contribution in [3.63, 3.8) is 0 Å². The van der Waals surface area contributed by atoms with Crippen molar-refractivity contribution in [3.8, 4) is 0 Å². The first-order valence-corrected chi connectivity index (χ1v) is 9.99. The molecular weight excluding hydrogens is 334 g/mol. The molecule has 0 unspecified atom stereocenters. The van der Waals surface area contributed by atoms with Crippen LogP contribution >= 0.6 is 11.3 Å². The van der Waals surface area contributed by atoms with Crippen molar-refractivity contribution in [2.24, 2.45) is 4.99 Å². The number of aromatic nitrogens is 1. The molecular formula is C14H25N5O2S2. The number of anilines is 1. The van der Waals surface area contributed by atoms with Crippen molar-refractivity contribution in [3.05, 3.63) is 11.1 Å². The molecule has 1 aromatic rings.